The maximum atomic E-state index is 13.0. The van der Waals surface area contributed by atoms with Gasteiger partial charge in [-0.2, -0.15) is 0 Å². The second-order valence-corrected chi connectivity index (χ2v) is 4.12. The van der Waals surface area contributed by atoms with E-state index < -0.39 is 12.0 Å². The van der Waals surface area contributed by atoms with Gasteiger partial charge in [-0.25, -0.2) is 4.39 Å². The molecule has 0 amide bonds. The standard InChI is InChI=1S/C10H8BrFO2/c1-5-2-6-9(13)8(12)4-14-10(6)7(11)3-5/h2-3,8H,4H2,1H3. The van der Waals surface area contributed by atoms with E-state index in [1.54, 1.807) is 6.07 Å². The highest BCUT2D eigenvalue weighted by atomic mass is 79.9. The first kappa shape index (κ1) is 9.65. The summed E-state index contributed by atoms with van der Waals surface area (Å²) in [6.07, 6.45) is -1.53. The number of carbonyl (C=O) groups excluding carboxylic acids is 1. The van der Waals surface area contributed by atoms with Gasteiger partial charge in [-0.15, -0.1) is 0 Å². The predicted molar refractivity (Wildman–Crippen MR) is 53.6 cm³/mol. The molecule has 4 heteroatoms. The SMILES string of the molecule is Cc1cc(Br)c2c(c1)C(=O)C(F)CO2. The second kappa shape index (κ2) is 3.35. The largest absolute Gasteiger partial charge is 0.488 e. The summed E-state index contributed by atoms with van der Waals surface area (Å²) in [7, 11) is 0. The molecule has 2 nitrogen and oxygen atoms in total. The van der Waals surface area contributed by atoms with Crippen LogP contribution < -0.4 is 4.74 Å². The van der Waals surface area contributed by atoms with Crippen molar-refractivity contribution in [1.82, 2.24) is 0 Å². The van der Waals surface area contributed by atoms with Crippen LogP contribution in [0.2, 0.25) is 0 Å². The van der Waals surface area contributed by atoms with Gasteiger partial charge in [0.05, 0.1) is 10.0 Å². The van der Waals surface area contributed by atoms with Crippen molar-refractivity contribution in [1.29, 1.82) is 0 Å². The van der Waals surface area contributed by atoms with Crippen LogP contribution in [0.5, 0.6) is 5.75 Å². The summed E-state index contributed by atoms with van der Waals surface area (Å²) in [5, 5.41) is 0. The summed E-state index contributed by atoms with van der Waals surface area (Å²) in [6, 6.07) is 3.48. The molecule has 1 heterocycles. The highest BCUT2D eigenvalue weighted by molar-refractivity contribution is 9.10. The third kappa shape index (κ3) is 1.43. The van der Waals surface area contributed by atoms with Gasteiger partial charge in [0, 0.05) is 0 Å². The average Bonchev–Trinajstić information content (AvgIpc) is 2.12. The lowest BCUT2D eigenvalue weighted by atomic mass is 10.0. The molecule has 14 heavy (non-hydrogen) atoms. The number of halogens is 2. The first-order valence-corrected chi connectivity index (χ1v) is 5.00. The van der Waals surface area contributed by atoms with E-state index in [9.17, 15) is 9.18 Å². The number of rotatable bonds is 0. The van der Waals surface area contributed by atoms with E-state index in [2.05, 4.69) is 15.9 Å². The normalized spacial score (nSPS) is 20.2. The first-order valence-electron chi connectivity index (χ1n) is 4.21. The molecule has 0 saturated heterocycles. The number of benzene rings is 1. The fourth-order valence-corrected chi connectivity index (χ4v) is 2.15. The number of alkyl halides is 1. The quantitative estimate of drug-likeness (QED) is 0.716. The molecule has 0 aromatic heterocycles. The van der Waals surface area contributed by atoms with Crippen LogP contribution in [0.4, 0.5) is 4.39 Å². The molecule has 0 radical (unpaired) electrons. The molecule has 0 fully saturated rings. The molecule has 1 atom stereocenters. The molecule has 0 bridgehead atoms. The summed E-state index contributed by atoms with van der Waals surface area (Å²) in [5.74, 6) is -0.0369. The van der Waals surface area contributed by atoms with Crippen LogP contribution in [0.15, 0.2) is 16.6 Å². The van der Waals surface area contributed by atoms with Crippen LogP contribution in [0, 0.1) is 6.92 Å². The Kier molecular flexibility index (Phi) is 2.31. The monoisotopic (exact) mass is 258 g/mol. The van der Waals surface area contributed by atoms with Crippen LogP contribution >= 0.6 is 15.9 Å². The number of carbonyl (C=O) groups is 1. The van der Waals surface area contributed by atoms with Gasteiger partial charge in [-0.05, 0) is 40.5 Å². The molecule has 0 aliphatic carbocycles. The van der Waals surface area contributed by atoms with Crippen LogP contribution in [0.25, 0.3) is 0 Å². The van der Waals surface area contributed by atoms with Gasteiger partial charge >= 0.3 is 0 Å². The third-order valence-electron chi connectivity index (χ3n) is 2.11. The Bertz CT molecular complexity index is 403. The van der Waals surface area contributed by atoms with Crippen molar-refractivity contribution < 1.29 is 13.9 Å². The molecule has 1 aliphatic heterocycles. The molecule has 1 aromatic carbocycles. The molecular formula is C10H8BrFO2. The smallest absolute Gasteiger partial charge is 0.204 e. The van der Waals surface area contributed by atoms with Crippen LogP contribution in [-0.2, 0) is 0 Å². The summed E-state index contributed by atoms with van der Waals surface area (Å²) >= 11 is 3.28. The van der Waals surface area contributed by atoms with Crippen molar-refractivity contribution in [2.75, 3.05) is 6.61 Å². The van der Waals surface area contributed by atoms with Crippen molar-refractivity contribution in [2.24, 2.45) is 0 Å². The lowest BCUT2D eigenvalue weighted by molar-refractivity contribution is 0.0763. The van der Waals surface area contributed by atoms with Crippen molar-refractivity contribution >= 4 is 21.7 Å². The Balaban J connectivity index is 2.60. The highest BCUT2D eigenvalue weighted by Crippen LogP contribution is 2.34. The molecule has 1 unspecified atom stereocenters. The topological polar surface area (TPSA) is 26.3 Å². The van der Waals surface area contributed by atoms with Crippen molar-refractivity contribution in [3.05, 3.63) is 27.7 Å². The van der Waals surface area contributed by atoms with Crippen molar-refractivity contribution in [3.63, 3.8) is 0 Å². The van der Waals surface area contributed by atoms with E-state index >= 15 is 0 Å². The minimum atomic E-state index is -1.53. The fourth-order valence-electron chi connectivity index (χ4n) is 1.46. The van der Waals surface area contributed by atoms with E-state index in [1.807, 2.05) is 13.0 Å². The van der Waals surface area contributed by atoms with Gasteiger partial charge in [0.25, 0.3) is 0 Å². The van der Waals surface area contributed by atoms with Gasteiger partial charge < -0.3 is 4.74 Å². The highest BCUT2D eigenvalue weighted by Gasteiger charge is 2.29. The summed E-state index contributed by atoms with van der Waals surface area (Å²) < 4.78 is 18.9. The lowest BCUT2D eigenvalue weighted by Crippen LogP contribution is -2.29. The Labute approximate surface area is 89.2 Å². The minimum Gasteiger partial charge on any atom is -0.488 e. The lowest BCUT2D eigenvalue weighted by Gasteiger charge is -2.20. The van der Waals surface area contributed by atoms with Crippen LogP contribution in [0.3, 0.4) is 0 Å². The zero-order valence-corrected chi connectivity index (χ0v) is 9.10. The predicted octanol–water partition coefficient (Wildman–Crippen LogP) is 2.67. The minimum absolute atomic E-state index is 0.187. The van der Waals surface area contributed by atoms with Gasteiger partial charge in [0.2, 0.25) is 5.78 Å². The number of hydrogen-bond donors (Lipinski definition) is 0. The first-order chi connectivity index (χ1) is 6.59. The number of aryl methyl sites for hydroxylation is 1. The maximum Gasteiger partial charge on any atom is 0.204 e. The van der Waals surface area contributed by atoms with Crippen molar-refractivity contribution in [3.8, 4) is 5.75 Å². The van der Waals surface area contributed by atoms with Gasteiger partial charge in [-0.3, -0.25) is 4.79 Å². The van der Waals surface area contributed by atoms with Crippen molar-refractivity contribution in [2.45, 2.75) is 13.1 Å². The second-order valence-electron chi connectivity index (χ2n) is 3.27. The number of ketones is 1. The Morgan fingerprint density at radius 2 is 2.29 bits per heavy atom. The van der Waals surface area contributed by atoms with Gasteiger partial charge in [-0.1, -0.05) is 0 Å². The molecule has 0 saturated carbocycles. The zero-order valence-electron chi connectivity index (χ0n) is 7.51. The molecule has 1 aliphatic rings. The third-order valence-corrected chi connectivity index (χ3v) is 2.70. The van der Waals surface area contributed by atoms with E-state index in [0.717, 1.165) is 5.56 Å². The summed E-state index contributed by atoms with van der Waals surface area (Å²) in [6.45, 7) is 1.66. The zero-order chi connectivity index (χ0) is 10.3. The van der Waals surface area contributed by atoms with E-state index in [4.69, 9.17) is 4.74 Å². The number of fused-ring (bicyclic) bond motifs is 1. The maximum absolute atomic E-state index is 13.0. The van der Waals surface area contributed by atoms with E-state index in [0.29, 0.717) is 15.8 Å². The summed E-state index contributed by atoms with van der Waals surface area (Å²) in [4.78, 5) is 11.4. The summed E-state index contributed by atoms with van der Waals surface area (Å²) in [5.41, 5.74) is 1.23. The average molecular weight is 259 g/mol. The number of ether oxygens (including phenoxy) is 1. The number of Topliss-reactive ketones (excluding diaryl/α,β-unsaturated/α-hetero) is 1. The van der Waals surface area contributed by atoms with Crippen LogP contribution in [0.1, 0.15) is 15.9 Å². The van der Waals surface area contributed by atoms with Crippen LogP contribution in [-0.4, -0.2) is 18.6 Å². The molecule has 74 valence electrons. The molecule has 0 N–H and O–H groups in total. The molecule has 1 aromatic rings. The Morgan fingerprint density at radius 1 is 1.57 bits per heavy atom. The fraction of sp³-hybridized carbons (Fsp3) is 0.300. The molecule has 2 rings (SSSR count). The van der Waals surface area contributed by atoms with Gasteiger partial charge in [0.1, 0.15) is 12.4 Å². The molecule has 0 spiro atoms. The molecular weight excluding hydrogens is 251 g/mol. The van der Waals surface area contributed by atoms with Gasteiger partial charge in [0.15, 0.2) is 6.17 Å². The van der Waals surface area contributed by atoms with E-state index in [1.165, 1.54) is 0 Å². The number of hydrogen-bond acceptors (Lipinski definition) is 2. The van der Waals surface area contributed by atoms with E-state index in [-0.39, 0.29) is 6.61 Å². The Hall–Kier alpha value is -0.900. The Morgan fingerprint density at radius 3 is 3.00 bits per heavy atom.